The molecule has 9 nitrogen and oxygen atoms in total. The van der Waals surface area contributed by atoms with Gasteiger partial charge in [0, 0.05) is 35.4 Å². The van der Waals surface area contributed by atoms with E-state index in [9.17, 15) is 10.1 Å². The van der Waals surface area contributed by atoms with E-state index in [0.717, 1.165) is 18.5 Å². The molecule has 0 saturated carbocycles. The molecule has 9 heteroatoms. The number of benzene rings is 3. The summed E-state index contributed by atoms with van der Waals surface area (Å²) in [5.41, 5.74) is 2.30. The van der Waals surface area contributed by atoms with Gasteiger partial charge in [-0.3, -0.25) is 14.7 Å². The molecule has 222 valence electrons. The first kappa shape index (κ1) is 29.7. The molecule has 2 atom stereocenters. The molecule has 1 aliphatic heterocycles. The van der Waals surface area contributed by atoms with Gasteiger partial charge in [-0.25, -0.2) is 0 Å². The van der Waals surface area contributed by atoms with E-state index < -0.39 is 0 Å². The lowest BCUT2D eigenvalue weighted by molar-refractivity contribution is -0.123. The van der Waals surface area contributed by atoms with E-state index in [1.807, 2.05) is 48.5 Å². The second kappa shape index (κ2) is 13.4. The Morgan fingerprint density at radius 1 is 0.977 bits per heavy atom. The SMILES string of the molecule is COc1cc2c(Nc3ccc(Oc4ccccc4OC)cc3)c(C#N)cnc2cc1OCC(=O)CN1C(C)CCCC1C. The van der Waals surface area contributed by atoms with Crippen LogP contribution in [0.2, 0.25) is 0 Å². The number of aromatic nitrogens is 1. The molecular formula is C34H36N4O5. The first-order valence-electron chi connectivity index (χ1n) is 14.4. The number of methoxy groups -OCH3 is 2. The predicted octanol–water partition coefficient (Wildman–Crippen LogP) is 6.87. The molecule has 1 fully saturated rings. The Balaban J connectivity index is 1.34. The fraction of sp³-hybridized carbons (Fsp3) is 0.324. The second-order valence-corrected chi connectivity index (χ2v) is 10.7. The summed E-state index contributed by atoms with van der Waals surface area (Å²) in [6.07, 6.45) is 4.91. The number of nitrogens with zero attached hydrogens (tertiary/aromatic N) is 3. The highest BCUT2D eigenvalue weighted by atomic mass is 16.5. The molecule has 0 aliphatic carbocycles. The van der Waals surface area contributed by atoms with Crippen LogP contribution in [0.1, 0.15) is 38.7 Å². The quantitative estimate of drug-likeness (QED) is 0.203. The zero-order chi connectivity index (χ0) is 30.3. The van der Waals surface area contributed by atoms with Crippen molar-refractivity contribution in [2.24, 2.45) is 0 Å². The number of carbonyl (C=O) groups is 1. The largest absolute Gasteiger partial charge is 0.493 e. The van der Waals surface area contributed by atoms with Crippen LogP contribution in [0.4, 0.5) is 11.4 Å². The van der Waals surface area contributed by atoms with E-state index in [4.69, 9.17) is 18.9 Å². The third-order valence-electron chi connectivity index (χ3n) is 7.82. The molecule has 2 unspecified atom stereocenters. The smallest absolute Gasteiger partial charge is 0.184 e. The van der Waals surface area contributed by atoms with E-state index in [2.05, 4.69) is 35.1 Å². The molecule has 0 bridgehead atoms. The average molecular weight is 581 g/mol. The second-order valence-electron chi connectivity index (χ2n) is 10.7. The van der Waals surface area contributed by atoms with Gasteiger partial charge in [0.15, 0.2) is 28.8 Å². The van der Waals surface area contributed by atoms with Gasteiger partial charge in [0.2, 0.25) is 0 Å². The first-order valence-corrected chi connectivity index (χ1v) is 14.4. The molecule has 2 heterocycles. The van der Waals surface area contributed by atoms with E-state index in [1.165, 1.54) is 12.6 Å². The summed E-state index contributed by atoms with van der Waals surface area (Å²) >= 11 is 0. The van der Waals surface area contributed by atoms with Gasteiger partial charge in [0.05, 0.1) is 37.5 Å². The van der Waals surface area contributed by atoms with Gasteiger partial charge in [-0.1, -0.05) is 18.6 Å². The topological polar surface area (TPSA) is 106 Å². The van der Waals surface area contributed by atoms with E-state index in [-0.39, 0.29) is 12.4 Å². The molecule has 0 amide bonds. The number of fused-ring (bicyclic) bond motifs is 1. The summed E-state index contributed by atoms with van der Waals surface area (Å²) in [5.74, 6) is 2.76. The minimum atomic E-state index is -0.0670. The maximum absolute atomic E-state index is 12.9. The molecule has 1 N–H and O–H groups in total. The molecule has 3 aromatic carbocycles. The van der Waals surface area contributed by atoms with E-state index >= 15 is 0 Å². The number of piperidine rings is 1. The Hall–Kier alpha value is -4.81. The van der Waals surface area contributed by atoms with Gasteiger partial charge < -0.3 is 24.3 Å². The summed E-state index contributed by atoms with van der Waals surface area (Å²) in [6.45, 7) is 4.64. The zero-order valence-electron chi connectivity index (χ0n) is 24.9. The van der Waals surface area contributed by atoms with E-state index in [0.29, 0.717) is 69.5 Å². The average Bonchev–Trinajstić information content (AvgIpc) is 3.02. The number of hydrogen-bond acceptors (Lipinski definition) is 9. The molecule has 43 heavy (non-hydrogen) atoms. The normalized spacial score (nSPS) is 16.7. The van der Waals surface area contributed by atoms with Gasteiger partial charge in [0.1, 0.15) is 18.4 Å². The lowest BCUT2D eigenvalue weighted by Crippen LogP contribution is -2.47. The van der Waals surface area contributed by atoms with Crippen LogP contribution in [0.5, 0.6) is 28.7 Å². The molecule has 1 aliphatic rings. The molecular weight excluding hydrogens is 544 g/mol. The number of carbonyl (C=O) groups excluding carboxylic acids is 1. The lowest BCUT2D eigenvalue weighted by atomic mass is 9.97. The van der Waals surface area contributed by atoms with Crippen LogP contribution in [0.25, 0.3) is 10.9 Å². The van der Waals surface area contributed by atoms with Crippen LogP contribution >= 0.6 is 0 Å². The van der Waals surface area contributed by atoms with Crippen LogP contribution in [0.3, 0.4) is 0 Å². The highest BCUT2D eigenvalue weighted by molar-refractivity contribution is 5.97. The molecule has 0 radical (unpaired) electrons. The summed E-state index contributed by atoms with van der Waals surface area (Å²) in [7, 11) is 3.14. The molecule has 1 saturated heterocycles. The lowest BCUT2D eigenvalue weighted by Gasteiger charge is -2.38. The van der Waals surface area contributed by atoms with Gasteiger partial charge in [-0.05, 0) is 69.2 Å². The Labute approximate surface area is 252 Å². The summed E-state index contributed by atoms with van der Waals surface area (Å²) in [4.78, 5) is 19.6. The number of ketones is 1. The first-order chi connectivity index (χ1) is 20.9. The summed E-state index contributed by atoms with van der Waals surface area (Å²) in [6, 6.07) is 21.3. The number of pyridine rings is 1. The zero-order valence-corrected chi connectivity index (χ0v) is 24.9. The number of Topliss-reactive ketones (excluding diaryl/α,β-unsaturated/α-hetero) is 1. The number of hydrogen-bond donors (Lipinski definition) is 1. The number of nitrogens with one attached hydrogen (secondary N) is 1. The van der Waals surface area contributed by atoms with Crippen LogP contribution < -0.4 is 24.3 Å². The van der Waals surface area contributed by atoms with Crippen LogP contribution in [-0.4, -0.2) is 55.1 Å². The van der Waals surface area contributed by atoms with Crippen molar-refractivity contribution in [3.63, 3.8) is 0 Å². The fourth-order valence-electron chi connectivity index (χ4n) is 5.47. The Kier molecular flexibility index (Phi) is 9.28. The fourth-order valence-corrected chi connectivity index (χ4v) is 5.47. The van der Waals surface area contributed by atoms with Crippen molar-refractivity contribution in [2.45, 2.75) is 45.2 Å². The number of rotatable bonds is 11. The summed E-state index contributed by atoms with van der Waals surface area (Å²) in [5, 5.41) is 13.9. The predicted molar refractivity (Wildman–Crippen MR) is 166 cm³/mol. The van der Waals surface area contributed by atoms with Crippen molar-refractivity contribution >= 4 is 28.1 Å². The molecule has 0 spiro atoms. The number of ether oxygens (including phenoxy) is 4. The monoisotopic (exact) mass is 580 g/mol. The van der Waals surface area contributed by atoms with Crippen LogP contribution in [0.15, 0.2) is 66.9 Å². The van der Waals surface area contributed by atoms with Crippen molar-refractivity contribution in [3.8, 4) is 34.8 Å². The third kappa shape index (κ3) is 6.82. The minimum Gasteiger partial charge on any atom is -0.493 e. The van der Waals surface area contributed by atoms with Crippen molar-refractivity contribution in [1.29, 1.82) is 5.26 Å². The number of nitriles is 1. The van der Waals surface area contributed by atoms with Crippen LogP contribution in [-0.2, 0) is 4.79 Å². The maximum atomic E-state index is 12.9. The Morgan fingerprint density at radius 2 is 1.67 bits per heavy atom. The number of anilines is 2. The third-order valence-corrected chi connectivity index (χ3v) is 7.82. The van der Waals surface area contributed by atoms with Crippen molar-refractivity contribution in [2.75, 3.05) is 32.7 Å². The maximum Gasteiger partial charge on any atom is 0.184 e. The Morgan fingerprint density at radius 3 is 2.35 bits per heavy atom. The molecule has 4 aromatic rings. The minimum absolute atomic E-state index is 0.0102. The van der Waals surface area contributed by atoms with Gasteiger partial charge in [-0.15, -0.1) is 0 Å². The van der Waals surface area contributed by atoms with Crippen LogP contribution in [0, 0.1) is 11.3 Å². The molecule has 1 aromatic heterocycles. The van der Waals surface area contributed by atoms with Crippen molar-refractivity contribution in [3.05, 3.63) is 72.4 Å². The van der Waals surface area contributed by atoms with Gasteiger partial charge in [-0.2, -0.15) is 5.26 Å². The van der Waals surface area contributed by atoms with Crippen molar-refractivity contribution in [1.82, 2.24) is 9.88 Å². The number of para-hydroxylation sites is 2. The Bertz CT molecular complexity index is 1620. The highest BCUT2D eigenvalue weighted by Crippen LogP contribution is 2.38. The van der Waals surface area contributed by atoms with Gasteiger partial charge in [0.25, 0.3) is 0 Å². The van der Waals surface area contributed by atoms with E-state index in [1.54, 1.807) is 26.4 Å². The standard InChI is InChI=1S/C34H36N4O5/c1-22-8-7-9-23(2)38(22)20-26(39)21-42-33-17-29-28(16-32(33)41-4)34(24(18-35)19-36-29)37-25-12-14-27(15-13-25)43-31-11-6-5-10-30(31)40-3/h5-6,10-17,19,22-23H,7-9,20-21H2,1-4H3,(H,36,37). The number of likely N-dealkylation sites (tertiary alicyclic amines) is 1. The highest BCUT2D eigenvalue weighted by Gasteiger charge is 2.26. The van der Waals surface area contributed by atoms with Crippen molar-refractivity contribution < 1.29 is 23.7 Å². The van der Waals surface area contributed by atoms with Gasteiger partial charge >= 0.3 is 0 Å². The summed E-state index contributed by atoms with van der Waals surface area (Å²) < 4.78 is 22.9. The molecule has 5 rings (SSSR count).